The van der Waals surface area contributed by atoms with E-state index in [2.05, 4.69) is 18.2 Å². The fraction of sp³-hybridized carbons (Fsp3) is 0.370. The van der Waals surface area contributed by atoms with Crippen LogP contribution in [0.15, 0.2) is 54.6 Å². The minimum Gasteiger partial charge on any atom is -0.508 e. The Hall–Kier alpha value is -2.81. The number of carboxylic acids is 1. The maximum Gasteiger partial charge on any atom is 0.335 e. The number of carbonyl (C=O) groups is 1. The van der Waals surface area contributed by atoms with Crippen LogP contribution in [0.25, 0.3) is 21.9 Å². The number of aromatic carboxylic acids is 1. The molecule has 0 heterocycles. The molecule has 3 heteroatoms. The number of phenols is 1. The number of rotatable bonds is 3. The summed E-state index contributed by atoms with van der Waals surface area (Å²) in [4.78, 5) is 11.2. The van der Waals surface area contributed by atoms with Crippen molar-refractivity contribution in [3.05, 3.63) is 65.7 Å². The van der Waals surface area contributed by atoms with Crippen molar-refractivity contribution >= 4 is 16.7 Å². The van der Waals surface area contributed by atoms with Crippen molar-refractivity contribution in [2.24, 2.45) is 23.7 Å². The molecule has 0 spiro atoms. The van der Waals surface area contributed by atoms with Gasteiger partial charge in [0.15, 0.2) is 0 Å². The second-order valence-corrected chi connectivity index (χ2v) is 9.81. The van der Waals surface area contributed by atoms with Gasteiger partial charge in [-0.1, -0.05) is 24.3 Å². The van der Waals surface area contributed by atoms with E-state index < -0.39 is 5.97 Å². The molecule has 3 aromatic rings. The minimum absolute atomic E-state index is 0.309. The van der Waals surface area contributed by atoms with Crippen LogP contribution in [0, 0.1) is 23.7 Å². The molecule has 4 fully saturated rings. The molecule has 0 aromatic heterocycles. The third kappa shape index (κ3) is 2.83. The Morgan fingerprint density at radius 1 is 0.733 bits per heavy atom. The van der Waals surface area contributed by atoms with Crippen molar-refractivity contribution in [3.63, 3.8) is 0 Å². The largest absolute Gasteiger partial charge is 0.508 e. The number of carboxylic acid groups (broad SMARTS) is 1. The number of hydrogen-bond acceptors (Lipinski definition) is 2. The van der Waals surface area contributed by atoms with E-state index in [9.17, 15) is 15.0 Å². The first-order chi connectivity index (χ1) is 14.5. The van der Waals surface area contributed by atoms with E-state index >= 15 is 0 Å². The highest BCUT2D eigenvalue weighted by Gasteiger charge is 2.49. The molecule has 3 nitrogen and oxygen atoms in total. The number of benzene rings is 3. The Morgan fingerprint density at radius 2 is 1.33 bits per heavy atom. The van der Waals surface area contributed by atoms with Crippen LogP contribution in [0.3, 0.4) is 0 Å². The molecule has 0 saturated heterocycles. The normalized spacial score (nSPS) is 29.4. The predicted octanol–water partition coefficient (Wildman–Crippen LogP) is 6.45. The Balaban J connectivity index is 1.38. The number of fused-ring (bicyclic) bond motifs is 1. The lowest BCUT2D eigenvalue weighted by Crippen LogP contribution is -2.43. The fourth-order valence-corrected chi connectivity index (χ4v) is 6.99. The number of hydrogen-bond donors (Lipinski definition) is 2. The van der Waals surface area contributed by atoms with E-state index in [0.717, 1.165) is 51.1 Å². The molecule has 0 aliphatic heterocycles. The van der Waals surface area contributed by atoms with Crippen LogP contribution in [0.1, 0.15) is 53.9 Å². The molecular weight excluding hydrogens is 372 g/mol. The molecule has 152 valence electrons. The second kappa shape index (κ2) is 6.60. The Morgan fingerprint density at radius 3 is 2.03 bits per heavy atom. The van der Waals surface area contributed by atoms with Crippen molar-refractivity contribution in [1.29, 1.82) is 0 Å². The van der Waals surface area contributed by atoms with Gasteiger partial charge in [-0.3, -0.25) is 0 Å². The topological polar surface area (TPSA) is 57.5 Å². The Bertz CT molecular complexity index is 1130. The molecule has 0 unspecified atom stereocenters. The summed E-state index contributed by atoms with van der Waals surface area (Å²) >= 11 is 0. The third-order valence-corrected chi connectivity index (χ3v) is 8.03. The molecule has 7 rings (SSSR count). The lowest BCUT2D eigenvalue weighted by Gasteiger charge is -2.54. The zero-order valence-electron chi connectivity index (χ0n) is 16.9. The molecule has 0 radical (unpaired) electrons. The first-order valence-corrected chi connectivity index (χ1v) is 11.2. The van der Waals surface area contributed by atoms with Gasteiger partial charge in [0.2, 0.25) is 0 Å². The molecular formula is C27H26O3. The van der Waals surface area contributed by atoms with Gasteiger partial charge in [-0.25, -0.2) is 4.79 Å². The van der Waals surface area contributed by atoms with Gasteiger partial charge in [-0.15, -0.1) is 0 Å². The quantitative estimate of drug-likeness (QED) is 0.533. The second-order valence-electron chi connectivity index (χ2n) is 9.81. The summed E-state index contributed by atoms with van der Waals surface area (Å²) in [7, 11) is 0. The number of phenolic OH excluding ortho intramolecular Hbond substituents is 1. The summed E-state index contributed by atoms with van der Waals surface area (Å²) in [5, 5.41) is 21.9. The SMILES string of the molecule is O=C(O)c1ccc2cc(-c3ccc(O)c(C4C5CC6CC(C5)CC4C6)c3)ccc2c1. The average Bonchev–Trinajstić information content (AvgIpc) is 2.73. The summed E-state index contributed by atoms with van der Waals surface area (Å²) in [6, 6.07) is 17.5. The van der Waals surface area contributed by atoms with Crippen LogP contribution in [0.2, 0.25) is 0 Å². The highest BCUT2D eigenvalue weighted by molar-refractivity contribution is 5.95. The maximum absolute atomic E-state index is 11.2. The van der Waals surface area contributed by atoms with E-state index in [1.54, 1.807) is 12.1 Å². The predicted molar refractivity (Wildman–Crippen MR) is 118 cm³/mol. The van der Waals surface area contributed by atoms with E-state index in [-0.39, 0.29) is 0 Å². The smallest absolute Gasteiger partial charge is 0.335 e. The van der Waals surface area contributed by atoms with Gasteiger partial charge in [-0.2, -0.15) is 0 Å². The Kier molecular flexibility index (Phi) is 3.96. The molecule has 4 bridgehead atoms. The molecule has 4 saturated carbocycles. The van der Waals surface area contributed by atoms with Crippen LogP contribution < -0.4 is 0 Å². The van der Waals surface area contributed by atoms with Crippen LogP contribution in [-0.2, 0) is 0 Å². The van der Waals surface area contributed by atoms with Gasteiger partial charge in [0, 0.05) is 0 Å². The van der Waals surface area contributed by atoms with Crippen molar-refractivity contribution in [3.8, 4) is 16.9 Å². The Labute approximate surface area is 176 Å². The molecule has 4 aliphatic rings. The van der Waals surface area contributed by atoms with Gasteiger partial charge in [0.1, 0.15) is 5.75 Å². The zero-order valence-corrected chi connectivity index (χ0v) is 16.9. The summed E-state index contributed by atoms with van der Waals surface area (Å²) in [5.41, 5.74) is 3.68. The molecule has 30 heavy (non-hydrogen) atoms. The van der Waals surface area contributed by atoms with E-state index in [0.29, 0.717) is 17.2 Å². The molecule has 0 amide bonds. The van der Waals surface area contributed by atoms with E-state index in [4.69, 9.17) is 0 Å². The number of aromatic hydroxyl groups is 1. The van der Waals surface area contributed by atoms with Crippen molar-refractivity contribution in [1.82, 2.24) is 0 Å². The van der Waals surface area contributed by atoms with Crippen LogP contribution in [-0.4, -0.2) is 16.2 Å². The zero-order chi connectivity index (χ0) is 20.4. The fourth-order valence-electron chi connectivity index (χ4n) is 6.99. The average molecular weight is 399 g/mol. The lowest BCUT2D eigenvalue weighted by molar-refractivity contribution is -0.00345. The monoisotopic (exact) mass is 398 g/mol. The third-order valence-electron chi connectivity index (χ3n) is 8.03. The van der Waals surface area contributed by atoms with Crippen molar-refractivity contribution in [2.45, 2.75) is 38.0 Å². The van der Waals surface area contributed by atoms with Crippen LogP contribution >= 0.6 is 0 Å². The highest BCUT2D eigenvalue weighted by Crippen LogP contribution is 2.60. The minimum atomic E-state index is -0.903. The molecule has 0 atom stereocenters. The van der Waals surface area contributed by atoms with Crippen LogP contribution in [0.4, 0.5) is 0 Å². The summed E-state index contributed by atoms with van der Waals surface area (Å²) in [6.07, 6.45) is 6.78. The first-order valence-electron chi connectivity index (χ1n) is 11.2. The van der Waals surface area contributed by atoms with Gasteiger partial charge >= 0.3 is 5.97 Å². The van der Waals surface area contributed by atoms with Gasteiger partial charge < -0.3 is 10.2 Å². The van der Waals surface area contributed by atoms with E-state index in [1.807, 2.05) is 24.3 Å². The standard InChI is InChI=1S/C27H26O3/c28-25-6-5-20(18-1-2-19-13-21(27(29)30)4-3-17(19)12-18)14-24(25)26-22-8-15-7-16(10-22)11-23(26)9-15/h1-6,12-16,22-23,26,28H,7-11H2,(H,29,30). The molecule has 4 aliphatic carbocycles. The van der Waals surface area contributed by atoms with E-state index in [1.165, 1.54) is 32.1 Å². The van der Waals surface area contributed by atoms with Crippen LogP contribution in [0.5, 0.6) is 5.75 Å². The lowest BCUT2D eigenvalue weighted by atomic mass is 9.50. The summed E-state index contributed by atoms with van der Waals surface area (Å²) in [6.45, 7) is 0. The first kappa shape index (κ1) is 18.0. The van der Waals surface area contributed by atoms with Gasteiger partial charge in [0.25, 0.3) is 0 Å². The summed E-state index contributed by atoms with van der Waals surface area (Å²) in [5.74, 6) is 3.34. The molecule has 2 N–H and O–H groups in total. The van der Waals surface area contributed by atoms with Gasteiger partial charge in [-0.05, 0) is 119 Å². The summed E-state index contributed by atoms with van der Waals surface area (Å²) < 4.78 is 0. The van der Waals surface area contributed by atoms with Gasteiger partial charge in [0.05, 0.1) is 5.56 Å². The van der Waals surface area contributed by atoms with Crippen molar-refractivity contribution < 1.29 is 15.0 Å². The highest BCUT2D eigenvalue weighted by atomic mass is 16.4. The molecule has 3 aromatic carbocycles. The van der Waals surface area contributed by atoms with Crippen molar-refractivity contribution in [2.75, 3.05) is 0 Å². The maximum atomic E-state index is 11.2.